The number of aromatic nitrogens is 3. The molecule has 2 aromatic heterocycles. The van der Waals surface area contributed by atoms with Crippen LogP contribution >= 0.6 is 0 Å². The molecule has 1 aromatic carbocycles. The lowest BCUT2D eigenvalue weighted by Crippen LogP contribution is -2.39. The SMILES string of the molecule is Nc1ccccc1CCC(=O)N1CCCC(c2nnc3ccccn23)C1. The number of carbonyl (C=O) groups is 1. The molecule has 0 radical (unpaired) electrons. The van der Waals surface area contributed by atoms with Crippen LogP contribution in [-0.4, -0.2) is 38.5 Å². The van der Waals surface area contributed by atoms with Crippen molar-refractivity contribution in [2.24, 2.45) is 0 Å². The van der Waals surface area contributed by atoms with Crippen LogP contribution in [0.2, 0.25) is 0 Å². The zero-order valence-electron chi connectivity index (χ0n) is 14.7. The highest BCUT2D eigenvalue weighted by atomic mass is 16.2. The molecular formula is C20H23N5O. The molecule has 1 aliphatic heterocycles. The molecule has 1 fully saturated rings. The van der Waals surface area contributed by atoms with Crippen molar-refractivity contribution in [2.75, 3.05) is 18.8 Å². The molecule has 26 heavy (non-hydrogen) atoms. The first kappa shape index (κ1) is 16.6. The number of aryl methyl sites for hydroxylation is 1. The number of hydrogen-bond acceptors (Lipinski definition) is 4. The number of nitrogens with two attached hydrogens (primary N) is 1. The second-order valence-corrected chi connectivity index (χ2v) is 6.86. The number of benzene rings is 1. The molecule has 2 N–H and O–H groups in total. The van der Waals surface area contributed by atoms with Gasteiger partial charge in [-0.2, -0.15) is 0 Å². The average molecular weight is 349 g/mol. The fourth-order valence-corrected chi connectivity index (χ4v) is 3.71. The molecule has 0 bridgehead atoms. The minimum atomic E-state index is 0.187. The number of piperidine rings is 1. The Morgan fingerprint density at radius 2 is 2.00 bits per heavy atom. The quantitative estimate of drug-likeness (QED) is 0.735. The molecule has 1 atom stereocenters. The number of fused-ring (bicyclic) bond motifs is 1. The minimum absolute atomic E-state index is 0.187. The Bertz CT molecular complexity index is 919. The van der Waals surface area contributed by atoms with Crippen LogP contribution in [0.1, 0.15) is 36.6 Å². The largest absolute Gasteiger partial charge is 0.399 e. The number of carbonyl (C=O) groups excluding carboxylic acids is 1. The summed E-state index contributed by atoms with van der Waals surface area (Å²) < 4.78 is 2.03. The van der Waals surface area contributed by atoms with Crippen LogP contribution in [0.15, 0.2) is 48.7 Å². The van der Waals surface area contributed by atoms with Gasteiger partial charge in [-0.15, -0.1) is 10.2 Å². The molecule has 1 aliphatic rings. The van der Waals surface area contributed by atoms with Crippen LogP contribution in [0, 0.1) is 0 Å². The van der Waals surface area contributed by atoms with Gasteiger partial charge in [0.25, 0.3) is 0 Å². The fourth-order valence-electron chi connectivity index (χ4n) is 3.71. The third kappa shape index (κ3) is 3.27. The van der Waals surface area contributed by atoms with Crippen LogP contribution in [-0.2, 0) is 11.2 Å². The van der Waals surface area contributed by atoms with Gasteiger partial charge in [-0.05, 0) is 43.0 Å². The third-order valence-corrected chi connectivity index (χ3v) is 5.14. The van der Waals surface area contributed by atoms with E-state index in [1.165, 1.54) is 0 Å². The van der Waals surface area contributed by atoms with E-state index in [2.05, 4.69) is 10.2 Å². The first-order chi connectivity index (χ1) is 12.7. The second kappa shape index (κ2) is 7.15. The average Bonchev–Trinajstić information content (AvgIpc) is 3.11. The zero-order chi connectivity index (χ0) is 17.9. The number of para-hydroxylation sites is 1. The fraction of sp³-hybridized carbons (Fsp3) is 0.350. The zero-order valence-corrected chi connectivity index (χ0v) is 14.7. The highest BCUT2D eigenvalue weighted by molar-refractivity contribution is 5.77. The Morgan fingerprint density at radius 3 is 2.88 bits per heavy atom. The van der Waals surface area contributed by atoms with Crippen molar-refractivity contribution in [2.45, 2.75) is 31.6 Å². The maximum atomic E-state index is 12.7. The van der Waals surface area contributed by atoms with Crippen LogP contribution in [0.25, 0.3) is 5.65 Å². The van der Waals surface area contributed by atoms with Gasteiger partial charge in [0.15, 0.2) is 5.65 Å². The van der Waals surface area contributed by atoms with Gasteiger partial charge >= 0.3 is 0 Å². The number of pyridine rings is 1. The molecule has 6 heteroatoms. The number of nitrogens with zero attached hydrogens (tertiary/aromatic N) is 4. The summed E-state index contributed by atoms with van der Waals surface area (Å²) in [6.45, 7) is 1.52. The lowest BCUT2D eigenvalue weighted by molar-refractivity contribution is -0.132. The number of nitrogen functional groups attached to an aromatic ring is 1. The van der Waals surface area contributed by atoms with E-state index >= 15 is 0 Å². The first-order valence-electron chi connectivity index (χ1n) is 9.13. The number of amides is 1. The molecule has 0 saturated carbocycles. The van der Waals surface area contributed by atoms with Crippen LogP contribution in [0.5, 0.6) is 0 Å². The van der Waals surface area contributed by atoms with E-state index in [1.807, 2.05) is 58.0 Å². The van der Waals surface area contributed by atoms with E-state index < -0.39 is 0 Å². The van der Waals surface area contributed by atoms with Crippen LogP contribution < -0.4 is 5.73 Å². The second-order valence-electron chi connectivity index (χ2n) is 6.86. The van der Waals surface area contributed by atoms with Crippen molar-refractivity contribution in [3.05, 3.63) is 60.0 Å². The normalized spacial score (nSPS) is 17.5. The molecule has 1 saturated heterocycles. The van der Waals surface area contributed by atoms with Gasteiger partial charge in [0, 0.05) is 37.3 Å². The van der Waals surface area contributed by atoms with Gasteiger partial charge in [0.1, 0.15) is 5.82 Å². The van der Waals surface area contributed by atoms with Crippen molar-refractivity contribution >= 4 is 17.2 Å². The van der Waals surface area contributed by atoms with Crippen LogP contribution in [0.3, 0.4) is 0 Å². The van der Waals surface area contributed by atoms with Crippen LogP contribution in [0.4, 0.5) is 5.69 Å². The van der Waals surface area contributed by atoms with Crippen molar-refractivity contribution in [3.63, 3.8) is 0 Å². The summed E-state index contributed by atoms with van der Waals surface area (Å²) in [7, 11) is 0. The van der Waals surface area contributed by atoms with Gasteiger partial charge in [-0.1, -0.05) is 24.3 Å². The number of anilines is 1. The molecule has 3 heterocycles. The van der Waals surface area contributed by atoms with E-state index in [0.29, 0.717) is 19.4 Å². The maximum Gasteiger partial charge on any atom is 0.222 e. The molecule has 4 rings (SSSR count). The molecule has 3 aromatic rings. The Balaban J connectivity index is 1.43. The summed E-state index contributed by atoms with van der Waals surface area (Å²) in [4.78, 5) is 14.7. The Kier molecular flexibility index (Phi) is 4.56. The van der Waals surface area contributed by atoms with E-state index in [4.69, 9.17) is 5.73 Å². The van der Waals surface area contributed by atoms with E-state index in [1.54, 1.807) is 0 Å². The van der Waals surface area contributed by atoms with Crippen molar-refractivity contribution in [3.8, 4) is 0 Å². The van der Waals surface area contributed by atoms with Gasteiger partial charge in [0.05, 0.1) is 0 Å². The number of likely N-dealkylation sites (tertiary alicyclic amines) is 1. The minimum Gasteiger partial charge on any atom is -0.399 e. The predicted octanol–water partition coefficient (Wildman–Crippen LogP) is 2.65. The molecule has 0 spiro atoms. The highest BCUT2D eigenvalue weighted by Gasteiger charge is 2.27. The van der Waals surface area contributed by atoms with Gasteiger partial charge in [-0.25, -0.2) is 0 Å². The Hall–Kier alpha value is -2.89. The molecule has 1 amide bonds. The standard InChI is InChI=1S/C20H23N5O/c21-17-8-2-1-6-15(17)10-11-19(26)24-12-5-7-16(14-24)20-23-22-18-9-3-4-13-25(18)20/h1-4,6,8-9,13,16H,5,7,10-12,14,21H2. The molecule has 1 unspecified atom stereocenters. The number of hydrogen-bond donors (Lipinski definition) is 1. The topological polar surface area (TPSA) is 76.5 Å². The lowest BCUT2D eigenvalue weighted by atomic mass is 9.96. The van der Waals surface area contributed by atoms with Gasteiger partial charge in [0.2, 0.25) is 5.91 Å². The summed E-state index contributed by atoms with van der Waals surface area (Å²) in [5.41, 5.74) is 8.63. The summed E-state index contributed by atoms with van der Waals surface area (Å²) in [6, 6.07) is 13.6. The molecule has 6 nitrogen and oxygen atoms in total. The summed E-state index contributed by atoms with van der Waals surface area (Å²) in [5.74, 6) is 1.36. The highest BCUT2D eigenvalue weighted by Crippen LogP contribution is 2.26. The van der Waals surface area contributed by atoms with E-state index in [0.717, 1.165) is 42.1 Å². The van der Waals surface area contributed by atoms with E-state index in [-0.39, 0.29) is 11.8 Å². The third-order valence-electron chi connectivity index (χ3n) is 5.14. The molecule has 0 aliphatic carbocycles. The van der Waals surface area contributed by atoms with Gasteiger partial charge < -0.3 is 10.6 Å². The predicted molar refractivity (Wildman–Crippen MR) is 101 cm³/mol. The summed E-state index contributed by atoms with van der Waals surface area (Å²) >= 11 is 0. The smallest absolute Gasteiger partial charge is 0.222 e. The molecule has 134 valence electrons. The molecular weight excluding hydrogens is 326 g/mol. The lowest BCUT2D eigenvalue weighted by Gasteiger charge is -2.32. The Labute approximate surface area is 152 Å². The van der Waals surface area contributed by atoms with Crippen molar-refractivity contribution in [1.29, 1.82) is 0 Å². The van der Waals surface area contributed by atoms with Gasteiger partial charge in [-0.3, -0.25) is 9.20 Å². The summed E-state index contributed by atoms with van der Waals surface area (Å²) in [5, 5.41) is 8.62. The number of rotatable bonds is 4. The monoisotopic (exact) mass is 349 g/mol. The Morgan fingerprint density at radius 1 is 1.15 bits per heavy atom. The van der Waals surface area contributed by atoms with E-state index in [9.17, 15) is 4.79 Å². The van der Waals surface area contributed by atoms with Crippen molar-refractivity contribution < 1.29 is 4.79 Å². The first-order valence-corrected chi connectivity index (χ1v) is 9.13. The summed E-state index contributed by atoms with van der Waals surface area (Å²) in [6.07, 6.45) is 5.18. The maximum absolute atomic E-state index is 12.7. The van der Waals surface area contributed by atoms with Crippen molar-refractivity contribution in [1.82, 2.24) is 19.5 Å².